The van der Waals surface area contributed by atoms with Crippen LogP contribution in [0.2, 0.25) is 0 Å². The molecule has 118 valence electrons. The molecular weight excluding hydrogens is 382 g/mol. The van der Waals surface area contributed by atoms with Crippen molar-refractivity contribution in [3.8, 4) is 5.75 Å². The topological polar surface area (TPSA) is 89.5 Å². The van der Waals surface area contributed by atoms with Crippen LogP contribution in [0.4, 0.5) is 0 Å². The molecule has 0 aromatic heterocycles. The van der Waals surface area contributed by atoms with Crippen LogP contribution < -0.4 is 9.46 Å². The molecule has 0 spiro atoms. The third kappa shape index (κ3) is 4.18. The van der Waals surface area contributed by atoms with Gasteiger partial charge in [-0.1, -0.05) is 15.9 Å². The van der Waals surface area contributed by atoms with E-state index in [0.717, 1.165) is 0 Å². The number of methoxy groups -OCH3 is 1. The van der Waals surface area contributed by atoms with E-state index in [9.17, 15) is 16.8 Å². The Morgan fingerprint density at radius 2 is 2.10 bits per heavy atom. The molecule has 0 bridgehead atoms. The van der Waals surface area contributed by atoms with Crippen LogP contribution in [0.15, 0.2) is 27.6 Å². The molecule has 1 saturated heterocycles. The fourth-order valence-electron chi connectivity index (χ4n) is 2.26. The minimum Gasteiger partial charge on any atom is -0.495 e. The Bertz CT molecular complexity index is 730. The largest absolute Gasteiger partial charge is 0.495 e. The molecule has 1 atom stereocenters. The summed E-state index contributed by atoms with van der Waals surface area (Å²) in [5, 5.41) is 0. The minimum absolute atomic E-state index is 0.0117. The highest BCUT2D eigenvalue weighted by atomic mass is 79.9. The summed E-state index contributed by atoms with van der Waals surface area (Å²) < 4.78 is 56.2. The maximum absolute atomic E-state index is 12.4. The summed E-state index contributed by atoms with van der Waals surface area (Å²) in [5.41, 5.74) is 0. The van der Waals surface area contributed by atoms with E-state index >= 15 is 0 Å². The van der Waals surface area contributed by atoms with Gasteiger partial charge in [0.05, 0.1) is 18.6 Å². The molecule has 9 heteroatoms. The van der Waals surface area contributed by atoms with E-state index in [1.54, 1.807) is 6.07 Å². The van der Waals surface area contributed by atoms with Crippen LogP contribution >= 0.6 is 15.9 Å². The quantitative estimate of drug-likeness (QED) is 0.826. The zero-order valence-electron chi connectivity index (χ0n) is 11.4. The average Bonchev–Trinajstić information content (AvgIpc) is 2.37. The first-order valence-corrected chi connectivity index (χ1v) is 10.4. The first-order valence-electron chi connectivity index (χ1n) is 6.30. The highest BCUT2D eigenvalue weighted by molar-refractivity contribution is 9.10. The van der Waals surface area contributed by atoms with Crippen molar-refractivity contribution in [2.75, 3.05) is 18.6 Å². The predicted molar refractivity (Wildman–Crippen MR) is 82.7 cm³/mol. The second-order valence-corrected chi connectivity index (χ2v) is 9.70. The molecule has 1 aromatic rings. The van der Waals surface area contributed by atoms with E-state index in [0.29, 0.717) is 17.3 Å². The molecule has 0 saturated carbocycles. The van der Waals surface area contributed by atoms with Crippen molar-refractivity contribution in [2.24, 2.45) is 0 Å². The maximum Gasteiger partial charge on any atom is 0.244 e. The van der Waals surface area contributed by atoms with Crippen molar-refractivity contribution >= 4 is 35.8 Å². The van der Waals surface area contributed by atoms with Gasteiger partial charge in [-0.15, -0.1) is 0 Å². The van der Waals surface area contributed by atoms with Crippen LogP contribution in [-0.4, -0.2) is 41.5 Å². The van der Waals surface area contributed by atoms with Crippen LogP contribution in [0.3, 0.4) is 0 Å². The van der Waals surface area contributed by atoms with Crippen molar-refractivity contribution in [3.05, 3.63) is 22.7 Å². The molecule has 1 fully saturated rings. The first-order chi connectivity index (χ1) is 9.73. The third-order valence-electron chi connectivity index (χ3n) is 3.20. The molecule has 1 heterocycles. The van der Waals surface area contributed by atoms with Crippen molar-refractivity contribution in [2.45, 2.75) is 23.8 Å². The molecule has 0 aliphatic carbocycles. The van der Waals surface area contributed by atoms with Gasteiger partial charge in [0.2, 0.25) is 10.0 Å². The number of hydrogen-bond donors (Lipinski definition) is 1. The SMILES string of the molecule is COc1ccc(Br)cc1S(=O)(=O)NC1CCCS(=O)(=O)C1. The number of sulfone groups is 1. The number of benzene rings is 1. The summed E-state index contributed by atoms with van der Waals surface area (Å²) in [4.78, 5) is -0.0117. The van der Waals surface area contributed by atoms with Gasteiger partial charge in [-0.3, -0.25) is 0 Å². The van der Waals surface area contributed by atoms with E-state index in [1.165, 1.54) is 19.2 Å². The number of hydrogen-bond acceptors (Lipinski definition) is 5. The van der Waals surface area contributed by atoms with Crippen molar-refractivity contribution in [1.82, 2.24) is 4.72 Å². The summed E-state index contributed by atoms with van der Waals surface area (Å²) in [6.07, 6.45) is 0.972. The van der Waals surface area contributed by atoms with Crippen LogP contribution in [0.25, 0.3) is 0 Å². The molecule has 1 aliphatic heterocycles. The standard InChI is InChI=1S/C12H16BrNO5S2/c1-19-11-5-4-9(13)7-12(11)21(17,18)14-10-3-2-6-20(15,16)8-10/h4-5,7,10,14H,2-3,6,8H2,1H3. The fraction of sp³-hybridized carbons (Fsp3) is 0.500. The van der Waals surface area contributed by atoms with E-state index in [-0.39, 0.29) is 22.2 Å². The zero-order valence-corrected chi connectivity index (χ0v) is 14.6. The third-order valence-corrected chi connectivity index (χ3v) is 7.06. The molecule has 1 aromatic carbocycles. The number of rotatable bonds is 4. The molecule has 2 rings (SSSR count). The predicted octanol–water partition coefficient (Wildman–Crippen LogP) is 1.31. The summed E-state index contributed by atoms with van der Waals surface area (Å²) >= 11 is 3.22. The van der Waals surface area contributed by atoms with E-state index in [1.807, 2.05) is 0 Å². The monoisotopic (exact) mass is 397 g/mol. The van der Waals surface area contributed by atoms with Crippen molar-refractivity contribution < 1.29 is 21.6 Å². The number of nitrogens with one attached hydrogen (secondary N) is 1. The van der Waals surface area contributed by atoms with Crippen molar-refractivity contribution in [1.29, 1.82) is 0 Å². The Labute approximate surface area is 133 Å². The Morgan fingerprint density at radius 3 is 2.71 bits per heavy atom. The first kappa shape index (κ1) is 16.7. The fourth-order valence-corrected chi connectivity index (χ4v) is 5.98. The lowest BCUT2D eigenvalue weighted by Crippen LogP contribution is -2.43. The molecule has 0 radical (unpaired) electrons. The minimum atomic E-state index is -3.84. The Hall–Kier alpha value is -0.640. The van der Waals surface area contributed by atoms with Crippen molar-refractivity contribution in [3.63, 3.8) is 0 Å². The van der Waals surface area contributed by atoms with Crippen LogP contribution in [0.5, 0.6) is 5.75 Å². The number of halogens is 1. The van der Waals surface area contributed by atoms with E-state index in [2.05, 4.69) is 20.7 Å². The summed E-state index contributed by atoms with van der Waals surface area (Å²) in [5.74, 6) is 0.165. The summed E-state index contributed by atoms with van der Waals surface area (Å²) in [7, 11) is -5.64. The van der Waals surface area contributed by atoms with Gasteiger partial charge in [0.15, 0.2) is 9.84 Å². The molecular formula is C12H16BrNO5S2. The average molecular weight is 398 g/mol. The van der Waals surface area contributed by atoms with Gasteiger partial charge in [-0.2, -0.15) is 0 Å². The van der Waals surface area contributed by atoms with Gasteiger partial charge < -0.3 is 4.74 Å². The Morgan fingerprint density at radius 1 is 1.38 bits per heavy atom. The van der Waals surface area contributed by atoms with Gasteiger partial charge in [-0.25, -0.2) is 21.6 Å². The lowest BCUT2D eigenvalue weighted by atomic mass is 10.2. The molecule has 21 heavy (non-hydrogen) atoms. The smallest absolute Gasteiger partial charge is 0.244 e. The molecule has 1 aliphatic rings. The highest BCUT2D eigenvalue weighted by Gasteiger charge is 2.30. The Kier molecular flexibility index (Phi) is 4.96. The van der Waals surface area contributed by atoms with Crippen LogP contribution in [0.1, 0.15) is 12.8 Å². The molecule has 6 nitrogen and oxygen atoms in total. The second-order valence-electron chi connectivity index (χ2n) is 4.87. The normalized spacial score (nSPS) is 21.9. The van der Waals surface area contributed by atoms with E-state index < -0.39 is 25.9 Å². The maximum atomic E-state index is 12.4. The van der Waals surface area contributed by atoms with Gasteiger partial charge >= 0.3 is 0 Å². The number of ether oxygens (including phenoxy) is 1. The van der Waals surface area contributed by atoms with Gasteiger partial charge in [0.25, 0.3) is 0 Å². The van der Waals surface area contributed by atoms with Crippen LogP contribution in [-0.2, 0) is 19.9 Å². The molecule has 1 unspecified atom stereocenters. The lowest BCUT2D eigenvalue weighted by Gasteiger charge is -2.23. The van der Waals surface area contributed by atoms with Gasteiger partial charge in [-0.05, 0) is 31.0 Å². The second kappa shape index (κ2) is 6.23. The number of sulfonamides is 1. The molecule has 1 N–H and O–H groups in total. The summed E-state index contributed by atoms with van der Waals surface area (Å²) in [6.45, 7) is 0. The Balaban J connectivity index is 2.28. The lowest BCUT2D eigenvalue weighted by molar-refractivity contribution is 0.401. The summed E-state index contributed by atoms with van der Waals surface area (Å²) in [6, 6.07) is 4.04. The van der Waals surface area contributed by atoms with E-state index in [4.69, 9.17) is 4.74 Å². The van der Waals surface area contributed by atoms with Gasteiger partial charge in [0, 0.05) is 10.5 Å². The van der Waals surface area contributed by atoms with Crippen LogP contribution in [0, 0.1) is 0 Å². The molecule has 0 amide bonds. The van der Waals surface area contributed by atoms with Gasteiger partial charge in [0.1, 0.15) is 10.6 Å². The zero-order chi connectivity index (χ0) is 15.7. The highest BCUT2D eigenvalue weighted by Crippen LogP contribution is 2.28.